The molecular formula is C13H26N2O. The summed E-state index contributed by atoms with van der Waals surface area (Å²) in [4.78, 5) is 2.66. The first kappa shape index (κ1) is 12.3. The first-order valence-corrected chi connectivity index (χ1v) is 6.79. The van der Waals surface area contributed by atoms with Crippen LogP contribution in [-0.4, -0.2) is 42.3 Å². The maximum atomic E-state index is 6.11. The van der Waals surface area contributed by atoms with E-state index in [0.29, 0.717) is 12.1 Å². The van der Waals surface area contributed by atoms with Crippen molar-refractivity contribution in [2.24, 2.45) is 5.73 Å². The molecule has 2 aliphatic rings. The Balaban J connectivity index is 1.83. The Morgan fingerprint density at radius 1 is 1.25 bits per heavy atom. The lowest BCUT2D eigenvalue weighted by Crippen LogP contribution is -2.56. The second-order valence-corrected chi connectivity index (χ2v) is 5.63. The minimum atomic E-state index is 0.354. The predicted molar refractivity (Wildman–Crippen MR) is 66.4 cm³/mol. The van der Waals surface area contributed by atoms with Crippen LogP contribution < -0.4 is 5.73 Å². The van der Waals surface area contributed by atoms with Crippen molar-refractivity contribution < 1.29 is 4.74 Å². The van der Waals surface area contributed by atoms with E-state index in [0.717, 1.165) is 25.2 Å². The molecule has 0 saturated carbocycles. The Hall–Kier alpha value is -0.120. The van der Waals surface area contributed by atoms with Crippen LogP contribution in [0.5, 0.6) is 0 Å². The summed E-state index contributed by atoms with van der Waals surface area (Å²) in [6.45, 7) is 6.18. The molecule has 0 radical (unpaired) electrons. The molecule has 3 nitrogen and oxygen atoms in total. The molecule has 2 saturated heterocycles. The van der Waals surface area contributed by atoms with Crippen LogP contribution in [0.3, 0.4) is 0 Å². The molecule has 2 atom stereocenters. The van der Waals surface area contributed by atoms with Gasteiger partial charge < -0.3 is 10.5 Å². The fourth-order valence-electron chi connectivity index (χ4n) is 3.28. The second kappa shape index (κ2) is 5.48. The largest absolute Gasteiger partial charge is 0.377 e. The molecule has 2 fully saturated rings. The summed E-state index contributed by atoms with van der Waals surface area (Å²) >= 11 is 0. The van der Waals surface area contributed by atoms with Crippen molar-refractivity contribution in [2.45, 2.75) is 70.2 Å². The van der Waals surface area contributed by atoms with Crippen LogP contribution in [-0.2, 0) is 4.74 Å². The van der Waals surface area contributed by atoms with E-state index in [2.05, 4.69) is 18.7 Å². The van der Waals surface area contributed by atoms with E-state index < -0.39 is 0 Å². The number of hydrogen-bond acceptors (Lipinski definition) is 3. The third-order valence-corrected chi connectivity index (χ3v) is 3.96. The quantitative estimate of drug-likeness (QED) is 0.794. The van der Waals surface area contributed by atoms with Gasteiger partial charge in [-0.3, -0.25) is 4.90 Å². The normalized spacial score (nSPS) is 35.6. The van der Waals surface area contributed by atoms with Gasteiger partial charge in [0.25, 0.3) is 0 Å². The molecule has 16 heavy (non-hydrogen) atoms. The molecule has 0 spiro atoms. The molecule has 2 N–H and O–H groups in total. The van der Waals surface area contributed by atoms with Crippen molar-refractivity contribution in [3.05, 3.63) is 0 Å². The first-order valence-electron chi connectivity index (χ1n) is 6.79. The minimum Gasteiger partial charge on any atom is -0.377 e. The highest BCUT2D eigenvalue weighted by Crippen LogP contribution is 2.32. The van der Waals surface area contributed by atoms with Crippen LogP contribution in [0, 0.1) is 0 Å². The molecule has 2 heterocycles. The van der Waals surface area contributed by atoms with E-state index in [-0.39, 0.29) is 0 Å². The van der Waals surface area contributed by atoms with Crippen LogP contribution in [0.1, 0.15) is 46.0 Å². The zero-order valence-electron chi connectivity index (χ0n) is 10.7. The van der Waals surface area contributed by atoms with Gasteiger partial charge in [-0.15, -0.1) is 0 Å². The van der Waals surface area contributed by atoms with E-state index in [4.69, 9.17) is 10.5 Å². The van der Waals surface area contributed by atoms with Crippen molar-refractivity contribution in [3.8, 4) is 0 Å². The van der Waals surface area contributed by atoms with Gasteiger partial charge in [0, 0.05) is 24.7 Å². The van der Waals surface area contributed by atoms with E-state index in [1.165, 1.54) is 32.1 Å². The van der Waals surface area contributed by atoms with Gasteiger partial charge in [-0.05, 0) is 39.5 Å². The van der Waals surface area contributed by atoms with Crippen LogP contribution in [0.25, 0.3) is 0 Å². The highest BCUT2D eigenvalue weighted by atomic mass is 16.5. The Kier molecular flexibility index (Phi) is 4.22. The molecule has 0 aliphatic carbocycles. The zero-order chi connectivity index (χ0) is 11.5. The van der Waals surface area contributed by atoms with Crippen LogP contribution >= 0.6 is 0 Å². The maximum Gasteiger partial charge on any atom is 0.0597 e. The number of fused-ring (bicyclic) bond motifs is 2. The number of nitrogens with two attached hydrogens (primary N) is 1. The Morgan fingerprint density at radius 3 is 2.44 bits per heavy atom. The molecule has 0 aromatic heterocycles. The lowest BCUT2D eigenvalue weighted by molar-refractivity contribution is -0.00786. The molecule has 0 aromatic rings. The molecular weight excluding hydrogens is 200 g/mol. The van der Waals surface area contributed by atoms with Crippen molar-refractivity contribution in [2.75, 3.05) is 13.2 Å². The van der Waals surface area contributed by atoms with Gasteiger partial charge >= 0.3 is 0 Å². The Bertz CT molecular complexity index is 206. The molecule has 2 aliphatic heterocycles. The first-order chi connectivity index (χ1) is 7.66. The summed E-state index contributed by atoms with van der Waals surface area (Å²) in [5.74, 6) is 0. The number of piperidine rings is 2. The van der Waals surface area contributed by atoms with Crippen LogP contribution in [0.15, 0.2) is 0 Å². The fraction of sp³-hybridized carbons (Fsp3) is 1.00. The summed E-state index contributed by atoms with van der Waals surface area (Å²) in [5, 5.41) is 0. The molecule has 94 valence electrons. The Labute approximate surface area is 99.3 Å². The van der Waals surface area contributed by atoms with Crippen molar-refractivity contribution in [3.63, 3.8) is 0 Å². The summed E-state index contributed by atoms with van der Waals surface area (Å²) < 4.78 is 5.66. The number of ether oxygens (including phenoxy) is 1. The summed E-state index contributed by atoms with van der Waals surface area (Å²) in [6.07, 6.45) is 6.81. The maximum absolute atomic E-state index is 6.11. The van der Waals surface area contributed by atoms with Gasteiger partial charge in [0.2, 0.25) is 0 Å². The summed E-state index contributed by atoms with van der Waals surface area (Å²) in [5.41, 5.74) is 6.11. The molecule has 2 bridgehead atoms. The zero-order valence-corrected chi connectivity index (χ0v) is 10.7. The van der Waals surface area contributed by atoms with E-state index >= 15 is 0 Å². The predicted octanol–water partition coefficient (Wildman–Crippen LogP) is 1.76. The monoisotopic (exact) mass is 226 g/mol. The molecule has 2 unspecified atom stereocenters. The van der Waals surface area contributed by atoms with Gasteiger partial charge in [-0.25, -0.2) is 0 Å². The van der Waals surface area contributed by atoms with Gasteiger partial charge in [0.1, 0.15) is 0 Å². The molecule has 2 rings (SSSR count). The van der Waals surface area contributed by atoms with Crippen LogP contribution in [0.2, 0.25) is 0 Å². The highest BCUT2D eigenvalue weighted by molar-refractivity contribution is 4.93. The van der Waals surface area contributed by atoms with Crippen molar-refractivity contribution in [1.29, 1.82) is 0 Å². The third-order valence-electron chi connectivity index (χ3n) is 3.96. The van der Waals surface area contributed by atoms with Gasteiger partial charge in [0.05, 0.1) is 12.7 Å². The lowest BCUT2D eigenvalue weighted by Gasteiger charge is -2.48. The van der Waals surface area contributed by atoms with Crippen molar-refractivity contribution >= 4 is 0 Å². The van der Waals surface area contributed by atoms with Gasteiger partial charge in [0.15, 0.2) is 0 Å². The smallest absolute Gasteiger partial charge is 0.0597 e. The van der Waals surface area contributed by atoms with Crippen molar-refractivity contribution in [1.82, 2.24) is 4.90 Å². The number of nitrogens with zero attached hydrogens (tertiary/aromatic N) is 1. The van der Waals surface area contributed by atoms with Gasteiger partial charge in [-0.1, -0.05) is 6.42 Å². The molecule has 0 amide bonds. The Morgan fingerprint density at radius 2 is 1.88 bits per heavy atom. The molecule has 0 aromatic carbocycles. The number of rotatable bonds is 4. The van der Waals surface area contributed by atoms with Gasteiger partial charge in [-0.2, -0.15) is 0 Å². The lowest BCUT2D eigenvalue weighted by atomic mass is 9.82. The fourth-order valence-corrected chi connectivity index (χ4v) is 3.28. The standard InChI is InChI=1S/C13H26N2O/c1-10(2)16-7-6-15-12-4-3-5-13(15)9-11(14)8-12/h10-13H,3-9,14H2,1-2H3. The SMILES string of the molecule is CC(C)OCCN1C2CCCC1CC(N)C2. The highest BCUT2D eigenvalue weighted by Gasteiger charge is 2.36. The second-order valence-electron chi connectivity index (χ2n) is 5.63. The van der Waals surface area contributed by atoms with Crippen LogP contribution in [0.4, 0.5) is 0 Å². The summed E-state index contributed by atoms with van der Waals surface area (Å²) in [7, 11) is 0. The minimum absolute atomic E-state index is 0.354. The number of hydrogen-bond donors (Lipinski definition) is 1. The summed E-state index contributed by atoms with van der Waals surface area (Å²) in [6, 6.07) is 1.91. The van der Waals surface area contributed by atoms with E-state index in [9.17, 15) is 0 Å². The topological polar surface area (TPSA) is 38.5 Å². The molecule has 3 heteroatoms. The van der Waals surface area contributed by atoms with E-state index in [1.807, 2.05) is 0 Å². The van der Waals surface area contributed by atoms with E-state index in [1.54, 1.807) is 0 Å². The average Bonchev–Trinajstić information content (AvgIpc) is 2.18. The average molecular weight is 226 g/mol. The third kappa shape index (κ3) is 2.96.